The van der Waals surface area contributed by atoms with Crippen LogP contribution in [0.15, 0.2) is 12.3 Å². The first kappa shape index (κ1) is 23.7. The SMILES string of the molecule is Cn1nc(-c2cc(C(F)(F)F)c(F)c(O)c2F)c2cnc(N3CCNC(C4CCCCC4)C3)nc21. The lowest BCUT2D eigenvalue weighted by molar-refractivity contribution is -0.140. The summed E-state index contributed by atoms with van der Waals surface area (Å²) in [5.41, 5.74) is -2.39. The second kappa shape index (κ2) is 8.89. The van der Waals surface area contributed by atoms with Crippen molar-refractivity contribution in [2.75, 3.05) is 24.5 Å². The Morgan fingerprint density at radius 2 is 1.86 bits per heavy atom. The highest BCUT2D eigenvalue weighted by Crippen LogP contribution is 2.41. The summed E-state index contributed by atoms with van der Waals surface area (Å²) in [5.74, 6) is -4.26. The molecule has 0 amide bonds. The summed E-state index contributed by atoms with van der Waals surface area (Å²) >= 11 is 0. The number of phenols is 1. The first-order valence-electron chi connectivity index (χ1n) is 11.6. The Morgan fingerprint density at radius 1 is 1.11 bits per heavy atom. The van der Waals surface area contributed by atoms with Gasteiger partial charge in [-0.2, -0.15) is 23.3 Å². The Hall–Kier alpha value is -3.02. The van der Waals surface area contributed by atoms with Crippen LogP contribution >= 0.6 is 0 Å². The van der Waals surface area contributed by atoms with Crippen molar-refractivity contribution in [2.24, 2.45) is 13.0 Å². The minimum Gasteiger partial charge on any atom is -0.503 e. The molecule has 1 saturated heterocycles. The molecular weight excluding hydrogens is 471 g/mol. The second-order valence-corrected chi connectivity index (χ2v) is 9.23. The third-order valence-corrected chi connectivity index (χ3v) is 7.01. The van der Waals surface area contributed by atoms with Crippen molar-refractivity contribution in [1.29, 1.82) is 0 Å². The summed E-state index contributed by atoms with van der Waals surface area (Å²) in [4.78, 5) is 11.0. The molecule has 0 bridgehead atoms. The summed E-state index contributed by atoms with van der Waals surface area (Å²) in [6.45, 7) is 2.20. The fourth-order valence-corrected chi connectivity index (χ4v) is 5.19. The van der Waals surface area contributed by atoms with Crippen LogP contribution in [0, 0.1) is 17.6 Å². The number of nitrogens with one attached hydrogen (secondary N) is 1. The summed E-state index contributed by atoms with van der Waals surface area (Å²) in [6, 6.07) is 0.632. The highest BCUT2D eigenvalue weighted by molar-refractivity contribution is 5.91. The molecule has 12 heteroatoms. The fourth-order valence-electron chi connectivity index (χ4n) is 5.19. The molecule has 5 rings (SSSR count). The number of halogens is 5. The van der Waals surface area contributed by atoms with Gasteiger partial charge in [-0.3, -0.25) is 0 Å². The van der Waals surface area contributed by atoms with Gasteiger partial charge in [-0.15, -0.1) is 0 Å². The van der Waals surface area contributed by atoms with Crippen molar-refractivity contribution < 1.29 is 27.1 Å². The van der Waals surface area contributed by atoms with Crippen molar-refractivity contribution >= 4 is 17.0 Å². The summed E-state index contributed by atoms with van der Waals surface area (Å²) in [5, 5.41) is 17.6. The van der Waals surface area contributed by atoms with Gasteiger partial charge in [0.1, 0.15) is 5.69 Å². The first-order valence-corrected chi connectivity index (χ1v) is 11.6. The molecule has 2 N–H and O–H groups in total. The van der Waals surface area contributed by atoms with Gasteiger partial charge in [-0.05, 0) is 24.8 Å². The summed E-state index contributed by atoms with van der Waals surface area (Å²) in [7, 11) is 1.52. The molecule has 1 aliphatic heterocycles. The molecule has 2 fully saturated rings. The van der Waals surface area contributed by atoms with E-state index >= 15 is 0 Å². The van der Waals surface area contributed by atoms with Crippen molar-refractivity contribution in [3.63, 3.8) is 0 Å². The fraction of sp³-hybridized carbons (Fsp3) is 0.522. The molecule has 188 valence electrons. The van der Waals surface area contributed by atoms with Gasteiger partial charge in [-0.1, -0.05) is 19.3 Å². The topological polar surface area (TPSA) is 79.1 Å². The van der Waals surface area contributed by atoms with Crippen molar-refractivity contribution in [3.05, 3.63) is 29.5 Å². The maximum atomic E-state index is 14.7. The maximum Gasteiger partial charge on any atom is 0.419 e. The number of aryl methyl sites for hydroxylation is 1. The lowest BCUT2D eigenvalue weighted by Crippen LogP contribution is -2.54. The van der Waals surface area contributed by atoms with Crippen LogP contribution in [0.5, 0.6) is 5.75 Å². The monoisotopic (exact) mass is 496 g/mol. The molecule has 0 spiro atoms. The van der Waals surface area contributed by atoms with Crippen molar-refractivity contribution in [2.45, 2.75) is 44.3 Å². The number of aromatic nitrogens is 4. The smallest absolute Gasteiger partial charge is 0.419 e. The first-order chi connectivity index (χ1) is 16.6. The zero-order valence-electron chi connectivity index (χ0n) is 19.0. The van der Waals surface area contributed by atoms with E-state index in [2.05, 4.69) is 25.3 Å². The molecule has 2 aromatic heterocycles. The molecule has 2 aliphatic rings. The quantitative estimate of drug-likeness (QED) is 0.524. The third kappa shape index (κ3) is 4.28. The summed E-state index contributed by atoms with van der Waals surface area (Å²) < 4.78 is 69.7. The molecule has 35 heavy (non-hydrogen) atoms. The number of rotatable bonds is 3. The Balaban J connectivity index is 1.51. The molecule has 1 unspecified atom stereocenters. The number of hydrogen-bond acceptors (Lipinski definition) is 6. The van der Waals surface area contributed by atoms with E-state index in [-0.39, 0.29) is 16.7 Å². The predicted molar refractivity (Wildman–Crippen MR) is 119 cm³/mol. The number of phenolic OH excluding ortho intramolecular Hbond substituents is 1. The summed E-state index contributed by atoms with van der Waals surface area (Å²) in [6.07, 6.45) is 2.36. The van der Waals surface area contributed by atoms with E-state index in [0.717, 1.165) is 13.1 Å². The van der Waals surface area contributed by atoms with Gasteiger partial charge >= 0.3 is 6.18 Å². The third-order valence-electron chi connectivity index (χ3n) is 7.01. The minimum absolute atomic E-state index is 0.188. The van der Waals surface area contributed by atoms with Crippen LogP contribution in [-0.2, 0) is 13.2 Å². The average Bonchev–Trinajstić information content (AvgIpc) is 3.18. The highest BCUT2D eigenvalue weighted by Gasteiger charge is 2.38. The van der Waals surface area contributed by atoms with E-state index in [1.165, 1.54) is 50.0 Å². The number of anilines is 1. The molecule has 3 aromatic rings. The molecule has 1 aliphatic carbocycles. The number of fused-ring (bicyclic) bond motifs is 1. The lowest BCUT2D eigenvalue weighted by atomic mass is 9.83. The molecule has 0 radical (unpaired) electrons. The van der Waals surface area contributed by atoms with Gasteiger partial charge in [0.05, 0.1) is 10.9 Å². The van der Waals surface area contributed by atoms with E-state index < -0.39 is 34.7 Å². The molecule has 7 nitrogen and oxygen atoms in total. The van der Waals surface area contributed by atoms with Crippen LogP contribution in [0.3, 0.4) is 0 Å². The molecule has 1 atom stereocenters. The maximum absolute atomic E-state index is 14.7. The zero-order valence-corrected chi connectivity index (χ0v) is 19.0. The van der Waals surface area contributed by atoms with Gasteiger partial charge in [0, 0.05) is 44.5 Å². The highest BCUT2D eigenvalue weighted by atomic mass is 19.4. The normalized spacial score (nSPS) is 20.1. The molecular formula is C23H25F5N6O. The van der Waals surface area contributed by atoms with Crippen molar-refractivity contribution in [1.82, 2.24) is 25.1 Å². The standard InChI is InChI=1S/C23H25F5N6O/c1-33-21-14(19(32-33)13-9-15(23(26,27)28)18(25)20(35)17(13)24)10-30-22(31-21)34-8-7-29-16(11-34)12-5-3-2-4-6-12/h9-10,12,16,29,35H,2-8,11H2,1H3. The Labute approximate surface area is 198 Å². The van der Waals surface area contributed by atoms with Crippen LogP contribution in [0.25, 0.3) is 22.3 Å². The Morgan fingerprint density at radius 3 is 2.57 bits per heavy atom. The van der Waals surface area contributed by atoms with Crippen LogP contribution in [0.2, 0.25) is 0 Å². The van der Waals surface area contributed by atoms with Crippen LogP contribution in [0.4, 0.5) is 27.9 Å². The predicted octanol–water partition coefficient (Wildman–Crippen LogP) is 4.39. The van der Waals surface area contributed by atoms with Gasteiger partial charge in [0.25, 0.3) is 0 Å². The molecule has 1 saturated carbocycles. The van der Waals surface area contributed by atoms with Gasteiger partial charge in [0.2, 0.25) is 5.95 Å². The number of benzene rings is 1. The van der Waals surface area contributed by atoms with Crippen LogP contribution in [-0.4, -0.2) is 50.5 Å². The number of hydrogen-bond donors (Lipinski definition) is 2. The number of alkyl halides is 3. The number of aromatic hydroxyl groups is 1. The largest absolute Gasteiger partial charge is 0.503 e. The van der Waals surface area contributed by atoms with E-state index in [4.69, 9.17) is 0 Å². The Kier molecular flexibility index (Phi) is 6.02. The zero-order chi connectivity index (χ0) is 24.9. The number of nitrogens with zero attached hydrogens (tertiary/aromatic N) is 5. The molecule has 1 aromatic carbocycles. The van der Waals surface area contributed by atoms with Crippen LogP contribution in [0.1, 0.15) is 37.7 Å². The molecule has 3 heterocycles. The van der Waals surface area contributed by atoms with E-state index in [9.17, 15) is 27.1 Å². The van der Waals surface area contributed by atoms with Gasteiger partial charge in [-0.25, -0.2) is 18.4 Å². The number of piperazine rings is 1. The van der Waals surface area contributed by atoms with E-state index in [1.54, 1.807) is 0 Å². The van der Waals surface area contributed by atoms with E-state index in [1.807, 2.05) is 0 Å². The minimum atomic E-state index is -5.13. The van der Waals surface area contributed by atoms with E-state index in [0.29, 0.717) is 30.5 Å². The lowest BCUT2D eigenvalue weighted by Gasteiger charge is -2.39. The average molecular weight is 496 g/mol. The van der Waals surface area contributed by atoms with Crippen LogP contribution < -0.4 is 10.2 Å². The second-order valence-electron chi connectivity index (χ2n) is 9.23. The van der Waals surface area contributed by atoms with Gasteiger partial charge < -0.3 is 15.3 Å². The van der Waals surface area contributed by atoms with Crippen molar-refractivity contribution in [3.8, 4) is 17.0 Å². The van der Waals surface area contributed by atoms with Gasteiger partial charge in [0.15, 0.2) is 23.0 Å². The Bertz CT molecular complexity index is 1250.